The average molecular weight is 366 g/mol. The second kappa shape index (κ2) is 7.37. The van der Waals surface area contributed by atoms with Crippen molar-refractivity contribution in [2.75, 3.05) is 37.7 Å². The summed E-state index contributed by atoms with van der Waals surface area (Å²) in [5.74, 6) is 0.795. The van der Waals surface area contributed by atoms with Crippen LogP contribution in [0.15, 0.2) is 36.8 Å². The quantitative estimate of drug-likeness (QED) is 0.835. The Balaban J connectivity index is 1.53. The summed E-state index contributed by atoms with van der Waals surface area (Å²) in [6, 6.07) is 8.40. The highest BCUT2D eigenvalue weighted by Gasteiger charge is 2.46. The van der Waals surface area contributed by atoms with E-state index in [-0.39, 0.29) is 11.3 Å². The van der Waals surface area contributed by atoms with E-state index in [1.807, 2.05) is 0 Å². The van der Waals surface area contributed by atoms with Crippen molar-refractivity contribution in [3.05, 3.63) is 53.5 Å². The van der Waals surface area contributed by atoms with Crippen molar-refractivity contribution >= 4 is 11.7 Å². The van der Waals surface area contributed by atoms with Crippen molar-refractivity contribution in [1.82, 2.24) is 14.9 Å². The van der Waals surface area contributed by atoms with Gasteiger partial charge in [0, 0.05) is 44.2 Å². The van der Waals surface area contributed by atoms with Crippen molar-refractivity contribution < 1.29 is 9.53 Å². The van der Waals surface area contributed by atoms with Crippen molar-refractivity contribution in [3.8, 4) is 0 Å². The van der Waals surface area contributed by atoms with Crippen molar-refractivity contribution in [2.24, 2.45) is 5.41 Å². The van der Waals surface area contributed by atoms with Gasteiger partial charge in [0.25, 0.3) is 0 Å². The molecule has 0 unspecified atom stereocenters. The van der Waals surface area contributed by atoms with Gasteiger partial charge in [-0.25, -0.2) is 9.97 Å². The molecule has 6 heteroatoms. The molecule has 0 bridgehead atoms. The standard InChI is InChI=1S/C21H26N4O2/c1-16-3-4-17(2)18(9-16)11-24-7-8-27-14-21(12-24)10-20(26)25(13-21)19-5-6-22-15-23-19/h3-6,9,15H,7-8,10-14H2,1-2H3/t21-/m1/s1. The molecule has 6 nitrogen and oxygen atoms in total. The minimum atomic E-state index is -0.184. The van der Waals surface area contributed by atoms with Gasteiger partial charge in [-0.15, -0.1) is 0 Å². The van der Waals surface area contributed by atoms with E-state index in [2.05, 4.69) is 46.9 Å². The van der Waals surface area contributed by atoms with Gasteiger partial charge in [0.15, 0.2) is 0 Å². The summed E-state index contributed by atoms with van der Waals surface area (Å²) in [6.07, 6.45) is 3.67. The predicted molar refractivity (Wildman–Crippen MR) is 103 cm³/mol. The van der Waals surface area contributed by atoms with E-state index in [0.29, 0.717) is 32.0 Å². The first-order valence-corrected chi connectivity index (χ1v) is 9.47. The lowest BCUT2D eigenvalue weighted by atomic mass is 9.87. The van der Waals surface area contributed by atoms with Gasteiger partial charge in [0.05, 0.1) is 13.2 Å². The summed E-state index contributed by atoms with van der Waals surface area (Å²) < 4.78 is 5.93. The Kier molecular flexibility index (Phi) is 4.93. The Bertz CT molecular complexity index is 826. The summed E-state index contributed by atoms with van der Waals surface area (Å²) in [6.45, 7) is 8.88. The molecule has 3 heterocycles. The fourth-order valence-corrected chi connectivity index (χ4v) is 4.18. The topological polar surface area (TPSA) is 58.6 Å². The van der Waals surface area contributed by atoms with Gasteiger partial charge in [-0.1, -0.05) is 23.8 Å². The minimum Gasteiger partial charge on any atom is -0.379 e. The van der Waals surface area contributed by atoms with E-state index in [1.54, 1.807) is 17.2 Å². The number of carbonyl (C=O) groups excluding carboxylic acids is 1. The highest BCUT2D eigenvalue weighted by Crippen LogP contribution is 2.36. The molecule has 1 amide bonds. The molecule has 0 aliphatic carbocycles. The molecule has 1 aromatic heterocycles. The average Bonchev–Trinajstić information content (AvgIpc) is 2.85. The number of rotatable bonds is 3. The van der Waals surface area contributed by atoms with E-state index >= 15 is 0 Å². The second-order valence-electron chi connectivity index (χ2n) is 7.92. The molecule has 2 saturated heterocycles. The molecule has 4 rings (SSSR count). The summed E-state index contributed by atoms with van der Waals surface area (Å²) >= 11 is 0. The minimum absolute atomic E-state index is 0.117. The number of anilines is 1. The molecule has 1 atom stereocenters. The number of amides is 1. The molecule has 142 valence electrons. The lowest BCUT2D eigenvalue weighted by Gasteiger charge is -2.31. The molecule has 27 heavy (non-hydrogen) atoms. The van der Waals surface area contributed by atoms with Crippen LogP contribution < -0.4 is 4.90 Å². The van der Waals surface area contributed by atoms with Crippen LogP contribution in [0.1, 0.15) is 23.1 Å². The molecule has 2 aliphatic rings. The largest absolute Gasteiger partial charge is 0.379 e. The maximum Gasteiger partial charge on any atom is 0.228 e. The van der Waals surface area contributed by atoms with Gasteiger partial charge in [-0.3, -0.25) is 14.6 Å². The van der Waals surface area contributed by atoms with Crippen LogP contribution in [-0.4, -0.2) is 53.6 Å². The first kappa shape index (κ1) is 18.1. The van der Waals surface area contributed by atoms with Gasteiger partial charge in [0.2, 0.25) is 5.91 Å². The lowest BCUT2D eigenvalue weighted by Crippen LogP contribution is -2.40. The van der Waals surface area contributed by atoms with E-state index in [1.165, 1.54) is 23.0 Å². The number of carbonyl (C=O) groups is 1. The van der Waals surface area contributed by atoms with Gasteiger partial charge in [-0.05, 0) is 31.0 Å². The molecule has 0 N–H and O–H groups in total. The lowest BCUT2D eigenvalue weighted by molar-refractivity contribution is -0.118. The third-order valence-corrected chi connectivity index (χ3v) is 5.58. The van der Waals surface area contributed by atoms with Crippen LogP contribution >= 0.6 is 0 Å². The third kappa shape index (κ3) is 3.87. The molecule has 0 saturated carbocycles. The highest BCUT2D eigenvalue weighted by molar-refractivity contribution is 5.95. The van der Waals surface area contributed by atoms with E-state index in [0.717, 1.165) is 19.6 Å². The van der Waals surface area contributed by atoms with E-state index in [4.69, 9.17) is 4.74 Å². The summed E-state index contributed by atoms with van der Waals surface area (Å²) in [7, 11) is 0. The van der Waals surface area contributed by atoms with Crippen molar-refractivity contribution in [3.63, 3.8) is 0 Å². The number of hydrogen-bond acceptors (Lipinski definition) is 5. The molecule has 0 radical (unpaired) electrons. The Morgan fingerprint density at radius 3 is 2.93 bits per heavy atom. The third-order valence-electron chi connectivity index (χ3n) is 5.58. The Morgan fingerprint density at radius 1 is 1.22 bits per heavy atom. The molecule has 2 aromatic rings. The predicted octanol–water partition coefficient (Wildman–Crippen LogP) is 2.35. The van der Waals surface area contributed by atoms with Crippen LogP contribution in [0, 0.1) is 19.3 Å². The SMILES string of the molecule is Cc1ccc(C)c(CN2CCOC[C@]3(CC(=O)N(c4ccncn4)C3)C2)c1. The molecule has 2 aliphatic heterocycles. The number of ether oxygens (including phenoxy) is 1. The van der Waals surface area contributed by atoms with Crippen LogP contribution in [0.5, 0.6) is 0 Å². The van der Waals surface area contributed by atoms with Crippen LogP contribution in [0.4, 0.5) is 5.82 Å². The summed E-state index contributed by atoms with van der Waals surface area (Å²) in [5, 5.41) is 0. The Morgan fingerprint density at radius 2 is 2.11 bits per heavy atom. The van der Waals surface area contributed by atoms with Gasteiger partial charge >= 0.3 is 0 Å². The van der Waals surface area contributed by atoms with Gasteiger partial charge < -0.3 is 4.74 Å². The van der Waals surface area contributed by atoms with Crippen LogP contribution in [-0.2, 0) is 16.1 Å². The van der Waals surface area contributed by atoms with Gasteiger partial charge in [0.1, 0.15) is 12.1 Å². The van der Waals surface area contributed by atoms with E-state index < -0.39 is 0 Å². The van der Waals surface area contributed by atoms with Crippen molar-refractivity contribution in [2.45, 2.75) is 26.8 Å². The number of hydrogen-bond donors (Lipinski definition) is 0. The van der Waals surface area contributed by atoms with Crippen LogP contribution in [0.3, 0.4) is 0 Å². The summed E-state index contributed by atoms with van der Waals surface area (Å²) in [4.78, 5) is 25.1. The molecule has 1 aromatic carbocycles. The molecule has 2 fully saturated rings. The maximum atomic E-state index is 12.7. The zero-order valence-electron chi connectivity index (χ0n) is 16.0. The first-order chi connectivity index (χ1) is 13.0. The second-order valence-corrected chi connectivity index (χ2v) is 7.92. The Labute approximate surface area is 160 Å². The highest BCUT2D eigenvalue weighted by atomic mass is 16.5. The zero-order valence-corrected chi connectivity index (χ0v) is 16.0. The summed E-state index contributed by atoms with van der Waals surface area (Å²) in [5.41, 5.74) is 3.76. The number of aryl methyl sites for hydroxylation is 2. The zero-order chi connectivity index (χ0) is 18.9. The Hall–Kier alpha value is -2.31. The monoisotopic (exact) mass is 366 g/mol. The molecule has 1 spiro atoms. The van der Waals surface area contributed by atoms with E-state index in [9.17, 15) is 4.79 Å². The van der Waals surface area contributed by atoms with Crippen LogP contribution in [0.25, 0.3) is 0 Å². The van der Waals surface area contributed by atoms with Crippen LogP contribution in [0.2, 0.25) is 0 Å². The number of benzene rings is 1. The molecular weight excluding hydrogens is 340 g/mol. The van der Waals surface area contributed by atoms with Gasteiger partial charge in [-0.2, -0.15) is 0 Å². The number of aromatic nitrogens is 2. The fourth-order valence-electron chi connectivity index (χ4n) is 4.18. The first-order valence-electron chi connectivity index (χ1n) is 9.47. The maximum absolute atomic E-state index is 12.7. The smallest absolute Gasteiger partial charge is 0.228 e. The normalized spacial score (nSPS) is 23.8. The molecular formula is C21H26N4O2. The number of nitrogens with zero attached hydrogens (tertiary/aromatic N) is 4. The fraction of sp³-hybridized carbons (Fsp3) is 0.476. The van der Waals surface area contributed by atoms with Crippen molar-refractivity contribution in [1.29, 1.82) is 0 Å².